The number of amides is 1. The van der Waals surface area contributed by atoms with Gasteiger partial charge in [0.25, 0.3) is 0 Å². The second-order valence-electron chi connectivity index (χ2n) is 8.37. The fraction of sp³-hybridized carbons (Fsp3) is 0.842. The third kappa shape index (κ3) is 3.21. The van der Waals surface area contributed by atoms with Crippen molar-refractivity contribution >= 4 is 5.91 Å². The van der Waals surface area contributed by atoms with E-state index in [0.29, 0.717) is 13.0 Å². The number of nitrogens with zero attached hydrogens (tertiary/aromatic N) is 4. The molecule has 144 valence electrons. The van der Waals surface area contributed by atoms with Gasteiger partial charge in [0, 0.05) is 32.1 Å². The van der Waals surface area contributed by atoms with Crippen LogP contribution in [0.1, 0.15) is 57.2 Å². The van der Waals surface area contributed by atoms with E-state index in [0.717, 1.165) is 18.8 Å². The van der Waals surface area contributed by atoms with Crippen LogP contribution in [0.2, 0.25) is 0 Å². The molecular weight excluding hydrogens is 330 g/mol. The van der Waals surface area contributed by atoms with Crippen LogP contribution >= 0.6 is 0 Å². The summed E-state index contributed by atoms with van der Waals surface area (Å²) < 4.78 is 3.05. The van der Waals surface area contributed by atoms with Gasteiger partial charge in [-0.15, -0.1) is 0 Å². The maximum absolute atomic E-state index is 12.9. The molecule has 2 fully saturated rings. The summed E-state index contributed by atoms with van der Waals surface area (Å²) in [6.45, 7) is 3.57. The van der Waals surface area contributed by atoms with E-state index in [1.807, 2.05) is 0 Å². The smallest absolute Gasteiger partial charge is 0.345 e. The van der Waals surface area contributed by atoms with Crippen molar-refractivity contribution in [3.05, 3.63) is 16.3 Å². The van der Waals surface area contributed by atoms with E-state index in [4.69, 9.17) is 0 Å². The van der Waals surface area contributed by atoms with E-state index in [1.165, 1.54) is 62.7 Å². The van der Waals surface area contributed by atoms with Gasteiger partial charge in [-0.25, -0.2) is 9.48 Å². The molecule has 1 saturated carbocycles. The number of rotatable bonds is 4. The number of aryl methyl sites for hydroxylation is 2. The number of hydrogen-bond donors (Lipinski definition) is 1. The molecule has 3 aliphatic rings. The van der Waals surface area contributed by atoms with Gasteiger partial charge in [0.15, 0.2) is 0 Å². The van der Waals surface area contributed by atoms with Crippen molar-refractivity contribution in [2.45, 2.75) is 69.9 Å². The third-order valence-corrected chi connectivity index (χ3v) is 6.73. The first kappa shape index (κ1) is 17.8. The monoisotopic (exact) mass is 361 g/mol. The van der Waals surface area contributed by atoms with Crippen LogP contribution in [0.5, 0.6) is 0 Å². The summed E-state index contributed by atoms with van der Waals surface area (Å²) in [7, 11) is 1.67. The standard InChI is InChI=1S/C19H31N5O2/c1-22-18(26)24-13-15(7-8-16(24)21-22)17(25)20-14-19(9-3-2-4-10-19)23-11-5-6-12-23/h15H,2-14H2,1H3,(H,20,25)/t15-/m0/s1. The zero-order valence-electron chi connectivity index (χ0n) is 15.9. The number of carbonyl (C=O) groups excluding carboxylic acids is 1. The summed E-state index contributed by atoms with van der Waals surface area (Å²) >= 11 is 0. The van der Waals surface area contributed by atoms with Crippen LogP contribution in [0.25, 0.3) is 0 Å². The van der Waals surface area contributed by atoms with Crippen LogP contribution in [-0.2, 0) is 24.8 Å². The predicted octanol–water partition coefficient (Wildman–Crippen LogP) is 1.06. The first-order chi connectivity index (χ1) is 12.6. The van der Waals surface area contributed by atoms with Crippen LogP contribution in [0.15, 0.2) is 4.79 Å². The lowest BCUT2D eigenvalue weighted by atomic mass is 9.80. The summed E-state index contributed by atoms with van der Waals surface area (Å²) in [5.74, 6) is 0.793. The summed E-state index contributed by atoms with van der Waals surface area (Å²) in [4.78, 5) is 27.6. The van der Waals surface area contributed by atoms with Gasteiger partial charge in [0.1, 0.15) is 5.82 Å². The zero-order valence-corrected chi connectivity index (χ0v) is 15.9. The first-order valence-corrected chi connectivity index (χ1v) is 10.2. The molecule has 0 spiro atoms. The number of hydrogen-bond acceptors (Lipinski definition) is 4. The fourth-order valence-electron chi connectivity index (χ4n) is 5.15. The molecule has 7 nitrogen and oxygen atoms in total. The Bertz CT molecular complexity index is 710. The Labute approximate surface area is 154 Å². The Kier molecular flexibility index (Phi) is 4.90. The Morgan fingerprint density at radius 2 is 1.92 bits per heavy atom. The lowest BCUT2D eigenvalue weighted by Gasteiger charge is -2.45. The molecule has 1 amide bonds. The van der Waals surface area contributed by atoms with Gasteiger partial charge < -0.3 is 5.32 Å². The van der Waals surface area contributed by atoms with Crippen molar-refractivity contribution in [1.29, 1.82) is 0 Å². The molecule has 0 radical (unpaired) electrons. The second kappa shape index (κ2) is 7.18. The van der Waals surface area contributed by atoms with Crippen molar-refractivity contribution in [3.63, 3.8) is 0 Å². The molecule has 1 atom stereocenters. The molecular formula is C19H31N5O2. The van der Waals surface area contributed by atoms with E-state index >= 15 is 0 Å². The van der Waals surface area contributed by atoms with Crippen LogP contribution in [0.4, 0.5) is 0 Å². The fourth-order valence-corrected chi connectivity index (χ4v) is 5.15. The van der Waals surface area contributed by atoms with E-state index < -0.39 is 0 Å². The van der Waals surface area contributed by atoms with Crippen LogP contribution in [0, 0.1) is 5.92 Å². The molecule has 1 aromatic heterocycles. The second-order valence-corrected chi connectivity index (χ2v) is 8.37. The van der Waals surface area contributed by atoms with Crippen molar-refractivity contribution in [2.24, 2.45) is 13.0 Å². The largest absolute Gasteiger partial charge is 0.354 e. The molecule has 1 N–H and O–H groups in total. The molecule has 4 rings (SSSR count). The number of fused-ring (bicyclic) bond motifs is 1. The highest BCUT2D eigenvalue weighted by molar-refractivity contribution is 5.78. The van der Waals surface area contributed by atoms with Gasteiger partial charge in [-0.05, 0) is 45.2 Å². The van der Waals surface area contributed by atoms with Gasteiger partial charge in [0.2, 0.25) is 5.91 Å². The van der Waals surface area contributed by atoms with Crippen LogP contribution < -0.4 is 11.0 Å². The minimum Gasteiger partial charge on any atom is -0.354 e. The predicted molar refractivity (Wildman–Crippen MR) is 98.9 cm³/mol. The third-order valence-electron chi connectivity index (χ3n) is 6.73. The highest BCUT2D eigenvalue weighted by Gasteiger charge is 2.40. The molecule has 1 aliphatic carbocycles. The van der Waals surface area contributed by atoms with Gasteiger partial charge >= 0.3 is 5.69 Å². The zero-order chi connectivity index (χ0) is 18.1. The maximum Gasteiger partial charge on any atom is 0.345 e. The average molecular weight is 361 g/mol. The molecule has 7 heteroatoms. The molecule has 0 bridgehead atoms. The quantitative estimate of drug-likeness (QED) is 0.870. The molecule has 1 aromatic rings. The van der Waals surface area contributed by atoms with Crippen molar-refractivity contribution in [3.8, 4) is 0 Å². The lowest BCUT2D eigenvalue weighted by Crippen LogP contribution is -2.56. The lowest BCUT2D eigenvalue weighted by molar-refractivity contribution is -0.126. The van der Waals surface area contributed by atoms with Gasteiger partial charge in [-0.3, -0.25) is 14.3 Å². The van der Waals surface area contributed by atoms with Crippen molar-refractivity contribution < 1.29 is 4.79 Å². The maximum atomic E-state index is 12.9. The summed E-state index contributed by atoms with van der Waals surface area (Å²) in [6.07, 6.45) is 10.3. The Hall–Kier alpha value is -1.63. The molecule has 26 heavy (non-hydrogen) atoms. The van der Waals surface area contributed by atoms with Crippen molar-refractivity contribution in [1.82, 2.24) is 24.6 Å². The first-order valence-electron chi connectivity index (χ1n) is 10.2. The number of nitrogens with one attached hydrogen (secondary N) is 1. The summed E-state index contributed by atoms with van der Waals surface area (Å²) in [5, 5.41) is 7.53. The number of carbonyl (C=O) groups is 1. The summed E-state index contributed by atoms with van der Waals surface area (Å²) in [5.41, 5.74) is 0.0494. The minimum atomic E-state index is -0.122. The summed E-state index contributed by atoms with van der Waals surface area (Å²) in [6, 6.07) is 0. The molecule has 1 saturated heterocycles. The highest BCUT2D eigenvalue weighted by atomic mass is 16.2. The van der Waals surface area contributed by atoms with Gasteiger partial charge in [-0.2, -0.15) is 5.10 Å². The van der Waals surface area contributed by atoms with Gasteiger partial charge in [0.05, 0.1) is 5.92 Å². The van der Waals surface area contributed by atoms with E-state index in [-0.39, 0.29) is 23.1 Å². The molecule has 2 aliphatic heterocycles. The van der Waals surface area contributed by atoms with Crippen molar-refractivity contribution in [2.75, 3.05) is 19.6 Å². The van der Waals surface area contributed by atoms with Crippen LogP contribution in [0.3, 0.4) is 0 Å². The van der Waals surface area contributed by atoms with Crippen LogP contribution in [-0.4, -0.2) is 50.3 Å². The Morgan fingerprint density at radius 3 is 2.65 bits per heavy atom. The molecule has 3 heterocycles. The number of likely N-dealkylation sites (tertiary alicyclic amines) is 1. The van der Waals surface area contributed by atoms with E-state index in [1.54, 1.807) is 11.6 Å². The normalized spacial score (nSPS) is 25.8. The SMILES string of the molecule is Cn1nc2n(c1=O)C[C@@H](C(=O)NCC1(N3CCCC3)CCCCC1)CC2. The average Bonchev–Trinajstić information content (AvgIpc) is 3.30. The Balaban J connectivity index is 1.41. The Morgan fingerprint density at radius 1 is 1.19 bits per heavy atom. The van der Waals surface area contributed by atoms with Gasteiger partial charge in [-0.1, -0.05) is 19.3 Å². The van der Waals surface area contributed by atoms with E-state index in [2.05, 4.69) is 15.3 Å². The molecule has 0 aromatic carbocycles. The highest BCUT2D eigenvalue weighted by Crippen LogP contribution is 2.35. The minimum absolute atomic E-state index is 0.107. The number of aromatic nitrogens is 3. The molecule has 0 unspecified atom stereocenters. The topological polar surface area (TPSA) is 72.2 Å². The van der Waals surface area contributed by atoms with E-state index in [9.17, 15) is 9.59 Å².